The van der Waals surface area contributed by atoms with Crippen LogP contribution in [0.25, 0.3) is 11.1 Å². The molecule has 0 saturated carbocycles. The van der Waals surface area contributed by atoms with Crippen LogP contribution in [0.15, 0.2) is 66.1 Å². The SMILES string of the molecule is COC(=O)/C(=C1/OC(=O)C(c2ccccc2)=C1O)c1ccccc1OC. The molecule has 2 aromatic carbocycles. The van der Waals surface area contributed by atoms with Crippen molar-refractivity contribution in [2.75, 3.05) is 14.2 Å². The Labute approximate surface area is 149 Å². The van der Waals surface area contributed by atoms with E-state index < -0.39 is 17.7 Å². The highest BCUT2D eigenvalue weighted by molar-refractivity contribution is 6.25. The molecule has 0 amide bonds. The maximum absolute atomic E-state index is 12.4. The lowest BCUT2D eigenvalue weighted by Gasteiger charge is -2.12. The smallest absolute Gasteiger partial charge is 0.348 e. The second-order valence-corrected chi connectivity index (χ2v) is 5.38. The molecule has 0 unspecified atom stereocenters. The van der Waals surface area contributed by atoms with Crippen LogP contribution in [0.3, 0.4) is 0 Å². The van der Waals surface area contributed by atoms with Gasteiger partial charge in [0.05, 0.1) is 14.2 Å². The normalized spacial score (nSPS) is 15.5. The summed E-state index contributed by atoms with van der Waals surface area (Å²) in [6.07, 6.45) is 0. The van der Waals surface area contributed by atoms with Crippen molar-refractivity contribution in [3.05, 3.63) is 77.2 Å². The van der Waals surface area contributed by atoms with E-state index in [1.54, 1.807) is 54.6 Å². The first-order chi connectivity index (χ1) is 12.6. The first-order valence-electron chi connectivity index (χ1n) is 7.75. The number of aliphatic hydroxyl groups is 1. The summed E-state index contributed by atoms with van der Waals surface area (Å²) < 4.78 is 15.3. The molecule has 0 aliphatic carbocycles. The van der Waals surface area contributed by atoms with Crippen molar-refractivity contribution < 1.29 is 28.9 Å². The maximum atomic E-state index is 12.4. The molecule has 0 radical (unpaired) electrons. The van der Waals surface area contributed by atoms with Crippen molar-refractivity contribution in [1.29, 1.82) is 0 Å². The number of carbonyl (C=O) groups is 2. The van der Waals surface area contributed by atoms with E-state index in [1.165, 1.54) is 14.2 Å². The predicted molar refractivity (Wildman–Crippen MR) is 94.0 cm³/mol. The molecule has 6 heteroatoms. The van der Waals surface area contributed by atoms with E-state index in [4.69, 9.17) is 14.2 Å². The Morgan fingerprint density at radius 3 is 2.31 bits per heavy atom. The summed E-state index contributed by atoms with van der Waals surface area (Å²) in [7, 11) is 2.65. The topological polar surface area (TPSA) is 82.1 Å². The predicted octanol–water partition coefficient (Wildman–Crippen LogP) is 3.11. The van der Waals surface area contributed by atoms with Crippen molar-refractivity contribution in [2.24, 2.45) is 0 Å². The van der Waals surface area contributed by atoms with E-state index in [0.717, 1.165) is 0 Å². The molecule has 0 bridgehead atoms. The number of ether oxygens (including phenoxy) is 3. The lowest BCUT2D eigenvalue weighted by molar-refractivity contribution is -0.134. The Kier molecular flexibility index (Phi) is 4.75. The number of methoxy groups -OCH3 is 2. The van der Waals surface area contributed by atoms with Crippen molar-refractivity contribution in [2.45, 2.75) is 0 Å². The number of para-hydroxylation sites is 1. The van der Waals surface area contributed by atoms with Gasteiger partial charge in [0.15, 0.2) is 11.5 Å². The molecule has 3 rings (SSSR count). The minimum Gasteiger partial charge on any atom is -0.504 e. The largest absolute Gasteiger partial charge is 0.504 e. The summed E-state index contributed by atoms with van der Waals surface area (Å²) >= 11 is 0. The lowest BCUT2D eigenvalue weighted by atomic mass is 10.0. The molecule has 0 atom stereocenters. The molecule has 132 valence electrons. The summed E-state index contributed by atoms with van der Waals surface area (Å²) in [5.41, 5.74) is 0.707. The van der Waals surface area contributed by atoms with E-state index in [2.05, 4.69) is 0 Å². The van der Waals surface area contributed by atoms with Gasteiger partial charge in [-0.3, -0.25) is 0 Å². The molecule has 0 saturated heterocycles. The molecule has 26 heavy (non-hydrogen) atoms. The van der Waals surface area contributed by atoms with E-state index in [9.17, 15) is 14.7 Å². The fourth-order valence-electron chi connectivity index (χ4n) is 2.71. The summed E-state index contributed by atoms with van der Waals surface area (Å²) in [5, 5.41) is 10.6. The third-order valence-electron chi connectivity index (χ3n) is 3.91. The van der Waals surface area contributed by atoms with Crippen molar-refractivity contribution in [3.63, 3.8) is 0 Å². The zero-order chi connectivity index (χ0) is 18.7. The zero-order valence-electron chi connectivity index (χ0n) is 14.2. The van der Waals surface area contributed by atoms with Crippen LogP contribution in [0.4, 0.5) is 0 Å². The van der Waals surface area contributed by atoms with Crippen LogP contribution in [-0.4, -0.2) is 31.3 Å². The Hall–Kier alpha value is -3.54. The molecule has 2 aromatic rings. The number of esters is 2. The summed E-state index contributed by atoms with van der Waals surface area (Å²) in [5.74, 6) is -1.83. The number of hydrogen-bond acceptors (Lipinski definition) is 6. The average Bonchev–Trinajstić information content (AvgIpc) is 2.97. The van der Waals surface area contributed by atoms with Gasteiger partial charge in [-0.05, 0) is 11.6 Å². The number of rotatable bonds is 4. The molecular formula is C20H16O6. The minimum absolute atomic E-state index is 0.0168. The van der Waals surface area contributed by atoms with Crippen molar-refractivity contribution in [1.82, 2.24) is 0 Å². The molecule has 0 spiro atoms. The van der Waals surface area contributed by atoms with Gasteiger partial charge in [-0.1, -0.05) is 48.5 Å². The van der Waals surface area contributed by atoms with E-state index in [1.807, 2.05) is 0 Å². The minimum atomic E-state index is -0.766. The second kappa shape index (κ2) is 7.14. The average molecular weight is 352 g/mol. The number of hydrogen-bond donors (Lipinski definition) is 1. The second-order valence-electron chi connectivity index (χ2n) is 5.38. The maximum Gasteiger partial charge on any atom is 0.348 e. The number of aliphatic hydroxyl groups excluding tert-OH is 1. The molecule has 0 aromatic heterocycles. The Morgan fingerprint density at radius 1 is 1.00 bits per heavy atom. The van der Waals surface area contributed by atoms with E-state index >= 15 is 0 Å². The standard InChI is InChI=1S/C20H16O6/c1-24-14-11-7-6-10-13(14)16(19(22)25-2)18-17(21)15(20(23)26-18)12-8-4-3-5-9-12/h3-11,21H,1-2H3/b18-16+. The lowest BCUT2D eigenvalue weighted by Crippen LogP contribution is -2.10. The molecule has 6 nitrogen and oxygen atoms in total. The van der Waals surface area contributed by atoms with Gasteiger partial charge in [-0.2, -0.15) is 0 Å². The molecule has 1 heterocycles. The van der Waals surface area contributed by atoms with Gasteiger partial charge < -0.3 is 19.3 Å². The van der Waals surface area contributed by atoms with Crippen LogP contribution in [0.1, 0.15) is 11.1 Å². The number of cyclic esters (lactones) is 1. The Bertz CT molecular complexity index is 924. The Morgan fingerprint density at radius 2 is 1.65 bits per heavy atom. The van der Waals surface area contributed by atoms with Crippen LogP contribution in [0.5, 0.6) is 5.75 Å². The highest BCUT2D eigenvalue weighted by Crippen LogP contribution is 2.38. The highest BCUT2D eigenvalue weighted by Gasteiger charge is 2.36. The Balaban J connectivity index is 2.26. The fourth-order valence-corrected chi connectivity index (χ4v) is 2.71. The third-order valence-corrected chi connectivity index (χ3v) is 3.91. The highest BCUT2D eigenvalue weighted by atomic mass is 16.6. The van der Waals surface area contributed by atoms with Gasteiger partial charge in [0.25, 0.3) is 0 Å². The van der Waals surface area contributed by atoms with Gasteiger partial charge in [-0.15, -0.1) is 0 Å². The van der Waals surface area contributed by atoms with Gasteiger partial charge >= 0.3 is 11.9 Å². The van der Waals surface area contributed by atoms with Crippen LogP contribution >= 0.6 is 0 Å². The fraction of sp³-hybridized carbons (Fsp3) is 0.100. The molecule has 0 fully saturated rings. The van der Waals surface area contributed by atoms with E-state index in [0.29, 0.717) is 16.9 Å². The van der Waals surface area contributed by atoms with Crippen LogP contribution in [0, 0.1) is 0 Å². The summed E-state index contributed by atoms with van der Waals surface area (Å²) in [4.78, 5) is 24.7. The van der Waals surface area contributed by atoms with Crippen LogP contribution in [-0.2, 0) is 19.1 Å². The van der Waals surface area contributed by atoms with Crippen LogP contribution in [0.2, 0.25) is 0 Å². The molecule has 1 aliphatic heterocycles. The van der Waals surface area contributed by atoms with Gasteiger partial charge in [0.2, 0.25) is 0 Å². The van der Waals surface area contributed by atoms with E-state index in [-0.39, 0.29) is 16.9 Å². The summed E-state index contributed by atoms with van der Waals surface area (Å²) in [6.45, 7) is 0. The molecular weight excluding hydrogens is 336 g/mol. The first-order valence-corrected chi connectivity index (χ1v) is 7.75. The molecule has 1 N–H and O–H groups in total. The van der Waals surface area contributed by atoms with Crippen LogP contribution < -0.4 is 4.74 Å². The zero-order valence-corrected chi connectivity index (χ0v) is 14.2. The van der Waals surface area contributed by atoms with Gasteiger partial charge in [-0.25, -0.2) is 9.59 Å². The number of carbonyl (C=O) groups excluding carboxylic acids is 2. The first kappa shape index (κ1) is 17.3. The third kappa shape index (κ3) is 2.93. The van der Waals surface area contributed by atoms with Crippen molar-refractivity contribution >= 4 is 23.1 Å². The quantitative estimate of drug-likeness (QED) is 0.673. The van der Waals surface area contributed by atoms with Gasteiger partial charge in [0, 0.05) is 5.56 Å². The van der Waals surface area contributed by atoms with Crippen molar-refractivity contribution in [3.8, 4) is 5.75 Å². The summed E-state index contributed by atoms with van der Waals surface area (Å²) in [6, 6.07) is 15.2. The monoisotopic (exact) mass is 352 g/mol. The molecule has 1 aliphatic rings. The number of benzene rings is 2. The van der Waals surface area contributed by atoms with Gasteiger partial charge in [0.1, 0.15) is 16.9 Å².